The second-order valence-electron chi connectivity index (χ2n) is 4.31. The zero-order valence-corrected chi connectivity index (χ0v) is 12.3. The largest absolute Gasteiger partial charge is 0.464 e. The Hall–Kier alpha value is -2.41. The van der Waals surface area contributed by atoms with E-state index in [0.29, 0.717) is 0 Å². The topological polar surface area (TPSA) is 85.4 Å². The number of carbonyl (C=O) groups is 1. The van der Waals surface area contributed by atoms with E-state index in [-0.39, 0.29) is 16.3 Å². The fraction of sp³-hybridized carbons (Fsp3) is 0.143. The van der Waals surface area contributed by atoms with E-state index in [1.807, 2.05) is 6.92 Å². The van der Waals surface area contributed by atoms with E-state index < -0.39 is 16.0 Å². The predicted molar refractivity (Wildman–Crippen MR) is 77.6 cm³/mol. The number of carbonyl (C=O) groups excluding carboxylic acids is 1. The van der Waals surface area contributed by atoms with Crippen LogP contribution in [0.2, 0.25) is 0 Å². The van der Waals surface area contributed by atoms with Crippen LogP contribution in [-0.2, 0) is 14.8 Å². The van der Waals surface area contributed by atoms with Crippen molar-refractivity contribution in [1.29, 1.82) is 0 Å². The molecule has 0 saturated carbocycles. The van der Waals surface area contributed by atoms with Crippen molar-refractivity contribution in [1.82, 2.24) is 4.98 Å². The van der Waals surface area contributed by atoms with Gasteiger partial charge < -0.3 is 4.74 Å². The first-order valence-electron chi connectivity index (χ1n) is 6.07. The van der Waals surface area contributed by atoms with Crippen molar-refractivity contribution < 1.29 is 17.9 Å². The summed E-state index contributed by atoms with van der Waals surface area (Å²) in [4.78, 5) is 15.5. The molecule has 1 aromatic carbocycles. The summed E-state index contributed by atoms with van der Waals surface area (Å²) >= 11 is 0. The van der Waals surface area contributed by atoms with Gasteiger partial charge in [0.2, 0.25) is 0 Å². The second-order valence-corrected chi connectivity index (χ2v) is 5.99. The number of benzene rings is 1. The molecule has 0 radical (unpaired) electrons. The average Bonchev–Trinajstić information content (AvgIpc) is 2.47. The third-order valence-corrected chi connectivity index (χ3v) is 4.14. The number of nitrogens with one attached hydrogen (secondary N) is 1. The third kappa shape index (κ3) is 3.38. The fourth-order valence-corrected chi connectivity index (χ4v) is 2.73. The summed E-state index contributed by atoms with van der Waals surface area (Å²) in [5.41, 5.74) is 0.936. The molecule has 0 bridgehead atoms. The SMILES string of the molecule is COC(=O)c1ncccc1NS(=O)(=O)c1ccc(C)cc1. The molecule has 2 rings (SSSR count). The Morgan fingerprint density at radius 2 is 1.86 bits per heavy atom. The van der Waals surface area contributed by atoms with Crippen molar-refractivity contribution in [3.63, 3.8) is 0 Å². The predicted octanol–water partition coefficient (Wildman–Crippen LogP) is 1.98. The lowest BCUT2D eigenvalue weighted by molar-refractivity contribution is 0.0595. The second kappa shape index (κ2) is 5.92. The van der Waals surface area contributed by atoms with Gasteiger partial charge in [-0.15, -0.1) is 0 Å². The highest BCUT2D eigenvalue weighted by Gasteiger charge is 2.19. The number of sulfonamides is 1. The number of rotatable bonds is 4. The van der Waals surface area contributed by atoms with Gasteiger partial charge in [-0.25, -0.2) is 18.2 Å². The lowest BCUT2D eigenvalue weighted by Crippen LogP contribution is -2.17. The number of methoxy groups -OCH3 is 1. The minimum atomic E-state index is -3.79. The molecule has 2 aromatic rings. The van der Waals surface area contributed by atoms with Gasteiger partial charge in [-0.1, -0.05) is 17.7 Å². The Balaban J connectivity index is 2.37. The maximum Gasteiger partial charge on any atom is 0.358 e. The highest BCUT2D eigenvalue weighted by molar-refractivity contribution is 7.92. The molecule has 0 fully saturated rings. The number of nitrogens with zero attached hydrogens (tertiary/aromatic N) is 1. The van der Waals surface area contributed by atoms with E-state index in [0.717, 1.165) is 5.56 Å². The normalized spacial score (nSPS) is 11.0. The molecule has 1 heterocycles. The Labute approximate surface area is 122 Å². The van der Waals surface area contributed by atoms with Gasteiger partial charge in [0.05, 0.1) is 17.7 Å². The molecule has 0 aliphatic carbocycles. The third-order valence-electron chi connectivity index (χ3n) is 2.76. The van der Waals surface area contributed by atoms with Crippen LogP contribution >= 0.6 is 0 Å². The van der Waals surface area contributed by atoms with Crippen molar-refractivity contribution in [2.45, 2.75) is 11.8 Å². The van der Waals surface area contributed by atoms with Gasteiger partial charge in [0.15, 0.2) is 5.69 Å². The number of anilines is 1. The molecule has 0 spiro atoms. The van der Waals surface area contributed by atoms with Gasteiger partial charge in [0.1, 0.15) is 0 Å². The van der Waals surface area contributed by atoms with Crippen LogP contribution in [0.3, 0.4) is 0 Å². The average molecular weight is 306 g/mol. The summed E-state index contributed by atoms with van der Waals surface area (Å²) in [7, 11) is -2.59. The molecular formula is C14H14N2O4S. The van der Waals surface area contributed by atoms with Crippen molar-refractivity contribution in [2.75, 3.05) is 11.8 Å². The van der Waals surface area contributed by atoms with E-state index in [9.17, 15) is 13.2 Å². The molecule has 0 aliphatic heterocycles. The molecule has 0 aliphatic rings. The lowest BCUT2D eigenvalue weighted by Gasteiger charge is -2.10. The fourth-order valence-electron chi connectivity index (χ4n) is 1.67. The van der Waals surface area contributed by atoms with Gasteiger partial charge >= 0.3 is 5.97 Å². The molecule has 21 heavy (non-hydrogen) atoms. The zero-order valence-electron chi connectivity index (χ0n) is 11.5. The monoisotopic (exact) mass is 306 g/mol. The molecule has 0 unspecified atom stereocenters. The van der Waals surface area contributed by atoms with Gasteiger partial charge in [-0.3, -0.25) is 4.72 Å². The molecular weight excluding hydrogens is 292 g/mol. The quantitative estimate of drug-likeness (QED) is 0.873. The maximum absolute atomic E-state index is 12.3. The van der Waals surface area contributed by atoms with E-state index >= 15 is 0 Å². The van der Waals surface area contributed by atoms with Crippen molar-refractivity contribution in [2.24, 2.45) is 0 Å². The molecule has 0 amide bonds. The molecule has 6 nitrogen and oxygen atoms in total. The van der Waals surface area contributed by atoms with Crippen LogP contribution in [0.15, 0.2) is 47.5 Å². The van der Waals surface area contributed by atoms with Crippen LogP contribution in [0, 0.1) is 6.92 Å². The van der Waals surface area contributed by atoms with Crippen molar-refractivity contribution in [3.8, 4) is 0 Å². The molecule has 0 atom stereocenters. The van der Waals surface area contributed by atoms with Crippen LogP contribution in [0.4, 0.5) is 5.69 Å². The first-order chi connectivity index (χ1) is 9.94. The summed E-state index contributed by atoms with van der Waals surface area (Å²) in [6.07, 6.45) is 1.38. The van der Waals surface area contributed by atoms with Gasteiger partial charge in [-0.05, 0) is 31.2 Å². The maximum atomic E-state index is 12.3. The van der Waals surface area contributed by atoms with Crippen molar-refractivity contribution >= 4 is 21.7 Å². The van der Waals surface area contributed by atoms with Crippen LogP contribution in [0.25, 0.3) is 0 Å². The Kier molecular flexibility index (Phi) is 4.23. The Morgan fingerprint density at radius 3 is 2.48 bits per heavy atom. The number of ether oxygens (including phenoxy) is 1. The van der Waals surface area contributed by atoms with E-state index in [4.69, 9.17) is 0 Å². The minimum absolute atomic E-state index is 0.0740. The number of aromatic nitrogens is 1. The molecule has 7 heteroatoms. The van der Waals surface area contributed by atoms with Crippen LogP contribution in [-0.4, -0.2) is 26.5 Å². The van der Waals surface area contributed by atoms with Gasteiger partial charge in [0.25, 0.3) is 10.0 Å². The summed E-state index contributed by atoms with van der Waals surface area (Å²) in [5, 5.41) is 0. The Morgan fingerprint density at radius 1 is 1.19 bits per heavy atom. The molecule has 110 valence electrons. The molecule has 0 saturated heterocycles. The Bertz CT molecular complexity index is 755. The summed E-state index contributed by atoms with van der Waals surface area (Å²) in [6, 6.07) is 9.35. The number of hydrogen-bond donors (Lipinski definition) is 1. The summed E-state index contributed by atoms with van der Waals surface area (Å²) in [5.74, 6) is -0.711. The number of esters is 1. The highest BCUT2D eigenvalue weighted by atomic mass is 32.2. The van der Waals surface area contributed by atoms with Crippen molar-refractivity contribution in [3.05, 3.63) is 53.9 Å². The summed E-state index contributed by atoms with van der Waals surface area (Å²) < 4.78 is 31.5. The minimum Gasteiger partial charge on any atom is -0.464 e. The first-order valence-corrected chi connectivity index (χ1v) is 7.55. The number of hydrogen-bond acceptors (Lipinski definition) is 5. The first kappa shape index (κ1) is 15.0. The molecule has 1 aromatic heterocycles. The summed E-state index contributed by atoms with van der Waals surface area (Å²) in [6.45, 7) is 1.86. The number of pyridine rings is 1. The van der Waals surface area contributed by atoms with Crippen LogP contribution in [0.1, 0.15) is 16.1 Å². The molecule has 1 N–H and O–H groups in total. The van der Waals surface area contributed by atoms with Crippen LogP contribution < -0.4 is 4.72 Å². The number of aryl methyl sites for hydroxylation is 1. The smallest absolute Gasteiger partial charge is 0.358 e. The van der Waals surface area contributed by atoms with Gasteiger partial charge in [0, 0.05) is 6.20 Å². The van der Waals surface area contributed by atoms with Crippen LogP contribution in [0.5, 0.6) is 0 Å². The van der Waals surface area contributed by atoms with E-state index in [1.54, 1.807) is 12.1 Å². The van der Waals surface area contributed by atoms with Gasteiger partial charge in [-0.2, -0.15) is 0 Å². The highest BCUT2D eigenvalue weighted by Crippen LogP contribution is 2.19. The standard InChI is InChI=1S/C14H14N2O4S/c1-10-5-7-11(8-6-10)21(18,19)16-12-4-3-9-15-13(12)14(17)20-2/h3-9,16H,1-2H3. The van der Waals surface area contributed by atoms with E-state index in [2.05, 4.69) is 14.4 Å². The van der Waals surface area contributed by atoms with E-state index in [1.165, 1.54) is 37.6 Å². The lowest BCUT2D eigenvalue weighted by atomic mass is 10.2. The zero-order chi connectivity index (χ0) is 15.5.